The lowest BCUT2D eigenvalue weighted by atomic mass is 10.1. The van der Waals surface area contributed by atoms with Gasteiger partial charge in [-0.1, -0.05) is 0 Å². The Morgan fingerprint density at radius 3 is 2.87 bits per heavy atom. The first-order chi connectivity index (χ1) is 15.2. The van der Waals surface area contributed by atoms with Gasteiger partial charge in [0.25, 0.3) is 5.91 Å². The lowest BCUT2D eigenvalue weighted by molar-refractivity contribution is -0.270. The Balaban J connectivity index is 1.79. The summed E-state index contributed by atoms with van der Waals surface area (Å²) in [6, 6.07) is 5.55. The summed E-state index contributed by atoms with van der Waals surface area (Å²) in [6.45, 7) is 0.490. The van der Waals surface area contributed by atoms with Gasteiger partial charge in [-0.25, -0.2) is 24.7 Å². The van der Waals surface area contributed by atoms with E-state index in [9.17, 15) is 4.79 Å². The van der Waals surface area contributed by atoms with Crippen LogP contribution in [0.4, 0.5) is 5.82 Å². The number of carbonyl (C=O) groups is 1. The molecule has 162 valence electrons. The van der Waals surface area contributed by atoms with E-state index >= 15 is 0 Å². The zero-order chi connectivity index (χ0) is 21.8. The molecule has 31 heavy (non-hydrogen) atoms. The van der Waals surface area contributed by atoms with Crippen LogP contribution in [0.15, 0.2) is 36.8 Å². The first-order valence-electron chi connectivity index (χ1n) is 9.36. The van der Waals surface area contributed by atoms with E-state index < -0.39 is 0 Å². The van der Waals surface area contributed by atoms with Gasteiger partial charge >= 0.3 is 0 Å². The van der Waals surface area contributed by atoms with Gasteiger partial charge < -0.3 is 10.6 Å². The minimum atomic E-state index is -0.326. The molecule has 0 radical (unpaired) electrons. The largest absolute Gasteiger partial charge is 0.373 e. The number of amides is 1. The minimum Gasteiger partial charge on any atom is -0.373 e. The molecule has 0 aliphatic heterocycles. The van der Waals surface area contributed by atoms with Crippen molar-refractivity contribution in [3.8, 4) is 11.3 Å². The van der Waals surface area contributed by atoms with Crippen LogP contribution in [0.5, 0.6) is 0 Å². The normalized spacial score (nSPS) is 11.2. The van der Waals surface area contributed by atoms with E-state index in [-0.39, 0.29) is 19.1 Å². The average Bonchev–Trinajstić information content (AvgIpc) is 3.38. The van der Waals surface area contributed by atoms with Gasteiger partial charge in [0.2, 0.25) is 0 Å². The van der Waals surface area contributed by atoms with Gasteiger partial charge in [-0.3, -0.25) is 4.79 Å². The Morgan fingerprint density at radius 1 is 1.23 bits per heavy atom. The molecule has 4 heterocycles. The van der Waals surface area contributed by atoms with Crippen LogP contribution in [0.25, 0.3) is 27.9 Å². The van der Waals surface area contributed by atoms with E-state index in [4.69, 9.17) is 19.7 Å². The van der Waals surface area contributed by atoms with Gasteiger partial charge in [0.15, 0.2) is 11.3 Å². The molecule has 4 rings (SSSR count). The van der Waals surface area contributed by atoms with E-state index in [0.29, 0.717) is 28.4 Å². The molecule has 2 N–H and O–H groups in total. The Hall–Kier alpha value is -3.74. The number of anilines is 1. The fourth-order valence-corrected chi connectivity index (χ4v) is 3.20. The highest BCUT2D eigenvalue weighted by molar-refractivity contribution is 6.00. The summed E-state index contributed by atoms with van der Waals surface area (Å²) < 4.78 is 2.97. The number of hydrogen-bond donors (Lipinski definition) is 2. The van der Waals surface area contributed by atoms with Crippen LogP contribution in [0, 0.1) is 0 Å². The van der Waals surface area contributed by atoms with Crippen LogP contribution < -0.4 is 15.6 Å². The Bertz CT molecular complexity index is 1220. The van der Waals surface area contributed by atoms with Crippen molar-refractivity contribution >= 4 is 28.4 Å². The number of aromatic nitrogens is 5. The highest BCUT2D eigenvalue weighted by Gasteiger charge is 2.20. The fourth-order valence-electron chi connectivity index (χ4n) is 3.20. The molecule has 12 nitrogen and oxygen atoms in total. The predicted molar refractivity (Wildman–Crippen MR) is 110 cm³/mol. The van der Waals surface area contributed by atoms with Crippen molar-refractivity contribution in [3.05, 3.63) is 42.4 Å². The second kappa shape index (κ2) is 8.95. The number of nitrogens with zero attached hydrogens (tertiary/aromatic N) is 5. The maximum absolute atomic E-state index is 12.7. The summed E-state index contributed by atoms with van der Waals surface area (Å²) >= 11 is 0. The SMILES string of the molecule is CNc1cc(-c2cn(OOC)c3ncccc23)nc2c(C(=O)NCCOOC)cnn12. The van der Waals surface area contributed by atoms with Crippen molar-refractivity contribution in [2.45, 2.75) is 0 Å². The van der Waals surface area contributed by atoms with Crippen LogP contribution in [-0.4, -0.2) is 64.6 Å². The molecule has 0 fully saturated rings. The van der Waals surface area contributed by atoms with Crippen LogP contribution in [0.1, 0.15) is 10.4 Å². The smallest absolute Gasteiger partial charge is 0.256 e. The molecule has 4 aromatic rings. The molecule has 0 bridgehead atoms. The summed E-state index contributed by atoms with van der Waals surface area (Å²) in [6.07, 6.45) is 4.85. The zero-order valence-corrected chi connectivity index (χ0v) is 17.2. The number of hydrogen-bond acceptors (Lipinski definition) is 9. The molecule has 4 aromatic heterocycles. The quantitative estimate of drug-likeness (QED) is 0.229. The first-order valence-corrected chi connectivity index (χ1v) is 9.36. The van der Waals surface area contributed by atoms with E-state index in [1.807, 2.05) is 18.2 Å². The number of rotatable bonds is 9. The molecule has 0 atom stereocenters. The Labute approximate surface area is 176 Å². The van der Waals surface area contributed by atoms with Crippen LogP contribution >= 0.6 is 0 Å². The molecule has 0 aliphatic carbocycles. The molecule has 0 aromatic carbocycles. The lowest BCUT2D eigenvalue weighted by Gasteiger charge is -2.08. The summed E-state index contributed by atoms with van der Waals surface area (Å²) in [5.41, 5.74) is 2.64. The van der Waals surface area contributed by atoms with Crippen molar-refractivity contribution in [3.63, 3.8) is 0 Å². The molecular weight excluding hydrogens is 406 g/mol. The maximum Gasteiger partial charge on any atom is 0.256 e. The summed E-state index contributed by atoms with van der Waals surface area (Å²) in [7, 11) is 4.58. The second-order valence-corrected chi connectivity index (χ2v) is 6.30. The zero-order valence-electron chi connectivity index (χ0n) is 17.2. The maximum atomic E-state index is 12.7. The molecule has 0 aliphatic rings. The number of pyridine rings is 1. The summed E-state index contributed by atoms with van der Waals surface area (Å²) in [5.74, 6) is 0.326. The van der Waals surface area contributed by atoms with Crippen LogP contribution in [0.2, 0.25) is 0 Å². The lowest BCUT2D eigenvalue weighted by Crippen LogP contribution is -2.27. The van der Waals surface area contributed by atoms with Gasteiger partial charge in [-0.05, 0) is 12.1 Å². The highest BCUT2D eigenvalue weighted by Crippen LogP contribution is 2.30. The molecule has 0 spiro atoms. The van der Waals surface area contributed by atoms with Gasteiger partial charge in [-0.2, -0.15) is 14.5 Å². The van der Waals surface area contributed by atoms with Crippen LogP contribution in [-0.2, 0) is 14.7 Å². The molecule has 0 unspecified atom stereocenters. The summed E-state index contributed by atoms with van der Waals surface area (Å²) in [5, 5.41) is 10.9. The molecule has 0 saturated heterocycles. The van der Waals surface area contributed by atoms with Crippen molar-refractivity contribution in [1.29, 1.82) is 0 Å². The van der Waals surface area contributed by atoms with Crippen molar-refractivity contribution in [2.75, 3.05) is 39.7 Å². The van der Waals surface area contributed by atoms with E-state index in [1.165, 1.54) is 25.1 Å². The molecule has 12 heteroatoms. The van der Waals surface area contributed by atoms with Crippen LogP contribution in [0.3, 0.4) is 0 Å². The number of fused-ring (bicyclic) bond motifs is 2. The Morgan fingerprint density at radius 2 is 2.10 bits per heavy atom. The minimum absolute atomic E-state index is 0.216. The second-order valence-electron chi connectivity index (χ2n) is 6.30. The van der Waals surface area contributed by atoms with Gasteiger partial charge in [-0.15, -0.1) is 4.73 Å². The molecule has 1 amide bonds. The third kappa shape index (κ3) is 3.86. The standard InChI is InChI=1S/C19H21N7O5/c1-20-16-9-15(14-11-25(31-29-3)17-12(14)5-4-6-21-17)24-18-13(10-23-26(16)18)19(27)22-7-8-30-28-2/h4-6,9-11,20H,7-8H2,1-3H3,(H,22,27). The van der Waals surface area contributed by atoms with Gasteiger partial charge in [0.05, 0.1) is 38.9 Å². The average molecular weight is 427 g/mol. The van der Waals surface area contributed by atoms with Crippen molar-refractivity contribution in [2.24, 2.45) is 0 Å². The van der Waals surface area contributed by atoms with E-state index in [0.717, 1.165) is 10.9 Å². The topological polar surface area (TPSA) is 126 Å². The fraction of sp³-hybridized carbons (Fsp3) is 0.263. The van der Waals surface area contributed by atoms with E-state index in [1.54, 1.807) is 24.0 Å². The predicted octanol–water partition coefficient (Wildman–Crippen LogP) is 1.09. The van der Waals surface area contributed by atoms with Crippen molar-refractivity contribution in [1.82, 2.24) is 29.6 Å². The summed E-state index contributed by atoms with van der Waals surface area (Å²) in [4.78, 5) is 41.0. The molecule has 0 saturated carbocycles. The number of carbonyl (C=O) groups excluding carboxylic acids is 1. The highest BCUT2D eigenvalue weighted by atomic mass is 17.3. The first kappa shape index (κ1) is 20.5. The Kier molecular flexibility index (Phi) is 5.93. The van der Waals surface area contributed by atoms with Gasteiger partial charge in [0.1, 0.15) is 11.4 Å². The van der Waals surface area contributed by atoms with Crippen molar-refractivity contribution < 1.29 is 24.4 Å². The van der Waals surface area contributed by atoms with Gasteiger partial charge in [0, 0.05) is 36.8 Å². The van der Waals surface area contributed by atoms with E-state index in [2.05, 4.69) is 25.6 Å². The molecular formula is C19H21N7O5. The third-order valence-corrected chi connectivity index (χ3v) is 4.52. The third-order valence-electron chi connectivity index (χ3n) is 4.52. The monoisotopic (exact) mass is 427 g/mol. The number of nitrogens with one attached hydrogen (secondary N) is 2.